The molecule has 0 aliphatic heterocycles. The van der Waals surface area contributed by atoms with E-state index in [0.29, 0.717) is 11.6 Å². The number of carbonyl (C=O) groups is 1. The number of Topliss-reactive ketones (excluding diaryl/α,β-unsaturated/α-hetero) is 1. The summed E-state index contributed by atoms with van der Waals surface area (Å²) < 4.78 is 1.63. The van der Waals surface area contributed by atoms with E-state index in [0.717, 1.165) is 17.1 Å². The lowest BCUT2D eigenvalue weighted by Crippen LogP contribution is -2.19. The van der Waals surface area contributed by atoms with Gasteiger partial charge in [-0.05, 0) is 31.7 Å². The van der Waals surface area contributed by atoms with Crippen molar-refractivity contribution >= 4 is 28.9 Å². The minimum absolute atomic E-state index is 0.0801. The van der Waals surface area contributed by atoms with Crippen LogP contribution in [-0.4, -0.2) is 26.3 Å². The van der Waals surface area contributed by atoms with E-state index in [2.05, 4.69) is 10.2 Å². The summed E-state index contributed by atoms with van der Waals surface area (Å²) in [5.74, 6) is 0.956. The maximum atomic E-state index is 11.8. The Labute approximate surface area is 125 Å². The molecule has 2 aromatic rings. The molecule has 2 aromatic heterocycles. The predicted molar refractivity (Wildman–Crippen MR) is 81.8 cm³/mol. The number of nitrogens with one attached hydrogen (secondary N) is 1. The quantitative estimate of drug-likeness (QED) is 0.485. The van der Waals surface area contributed by atoms with Gasteiger partial charge < -0.3 is 0 Å². The Balaban J connectivity index is 1.82. The lowest BCUT2D eigenvalue weighted by molar-refractivity contribution is 0.0986. The molecular formula is C13H17N3O2S2. The van der Waals surface area contributed by atoms with Gasteiger partial charge in [0.2, 0.25) is 0 Å². The van der Waals surface area contributed by atoms with Crippen LogP contribution >= 0.6 is 23.1 Å². The molecule has 0 spiro atoms. The highest BCUT2D eigenvalue weighted by atomic mass is 32.2. The van der Waals surface area contributed by atoms with Gasteiger partial charge >= 0.3 is 5.69 Å². The van der Waals surface area contributed by atoms with Crippen LogP contribution < -0.4 is 5.69 Å². The van der Waals surface area contributed by atoms with Crippen LogP contribution in [0.4, 0.5) is 0 Å². The average Bonchev–Trinajstić information content (AvgIpc) is 3.03. The van der Waals surface area contributed by atoms with Crippen molar-refractivity contribution in [3.05, 3.63) is 32.9 Å². The molecule has 0 atom stereocenters. The summed E-state index contributed by atoms with van der Waals surface area (Å²) in [5, 5.41) is 9.07. The highest BCUT2D eigenvalue weighted by Crippen LogP contribution is 2.19. The van der Waals surface area contributed by atoms with Crippen molar-refractivity contribution in [3.8, 4) is 0 Å². The lowest BCUT2D eigenvalue weighted by Gasteiger charge is -2.07. The van der Waals surface area contributed by atoms with Crippen molar-refractivity contribution in [2.75, 3.05) is 5.75 Å². The molecule has 1 N–H and O–H groups in total. The zero-order valence-corrected chi connectivity index (χ0v) is 13.1. The average molecular weight is 311 g/mol. The molecule has 0 unspecified atom stereocenters. The standard InChI is InChI=1S/C13H17N3O2S2/c1-9(2)16-12(18)14-15-13(16)20-8-3-5-10(17)11-6-4-7-19-11/h4,6-7,9H,3,5,8H2,1-2H3,(H,14,18). The van der Waals surface area contributed by atoms with Gasteiger partial charge in [0.25, 0.3) is 0 Å². The van der Waals surface area contributed by atoms with E-state index in [1.807, 2.05) is 31.4 Å². The number of hydrogen-bond acceptors (Lipinski definition) is 5. The van der Waals surface area contributed by atoms with Gasteiger partial charge in [0, 0.05) is 18.2 Å². The fraction of sp³-hybridized carbons (Fsp3) is 0.462. The van der Waals surface area contributed by atoms with Gasteiger partial charge in [-0.1, -0.05) is 17.8 Å². The third-order valence-electron chi connectivity index (χ3n) is 2.76. The Morgan fingerprint density at radius 3 is 3.00 bits per heavy atom. The number of thioether (sulfide) groups is 1. The molecule has 0 bridgehead atoms. The van der Waals surface area contributed by atoms with E-state index in [-0.39, 0.29) is 17.5 Å². The van der Waals surface area contributed by atoms with Gasteiger partial charge in [-0.15, -0.1) is 16.4 Å². The van der Waals surface area contributed by atoms with Crippen LogP contribution in [0.1, 0.15) is 42.4 Å². The minimum Gasteiger partial charge on any atom is -0.293 e. The van der Waals surface area contributed by atoms with E-state index >= 15 is 0 Å². The maximum absolute atomic E-state index is 11.8. The second-order valence-corrected chi connectivity index (χ2v) is 6.64. The first-order valence-corrected chi connectivity index (χ1v) is 8.32. The second kappa shape index (κ2) is 6.90. The monoisotopic (exact) mass is 311 g/mol. The Morgan fingerprint density at radius 2 is 2.35 bits per heavy atom. The van der Waals surface area contributed by atoms with Gasteiger partial charge in [-0.3, -0.25) is 9.36 Å². The molecular weight excluding hydrogens is 294 g/mol. The first-order chi connectivity index (χ1) is 9.59. The Bertz CT molecular complexity index is 614. The molecule has 0 radical (unpaired) electrons. The largest absolute Gasteiger partial charge is 0.344 e. The van der Waals surface area contributed by atoms with E-state index in [4.69, 9.17) is 0 Å². The highest BCUT2D eigenvalue weighted by molar-refractivity contribution is 7.99. The fourth-order valence-electron chi connectivity index (χ4n) is 1.80. The van der Waals surface area contributed by atoms with E-state index < -0.39 is 0 Å². The SMILES string of the molecule is CC(C)n1c(SCCCC(=O)c2cccs2)n[nH]c1=O. The van der Waals surface area contributed by atoms with Crippen molar-refractivity contribution in [3.63, 3.8) is 0 Å². The number of carbonyl (C=O) groups excluding carboxylic acids is 1. The van der Waals surface area contributed by atoms with E-state index in [9.17, 15) is 9.59 Å². The van der Waals surface area contributed by atoms with Crippen LogP contribution in [0, 0.1) is 0 Å². The van der Waals surface area contributed by atoms with Crippen molar-refractivity contribution in [2.24, 2.45) is 0 Å². The zero-order valence-electron chi connectivity index (χ0n) is 11.5. The number of aromatic nitrogens is 3. The zero-order chi connectivity index (χ0) is 14.5. The van der Waals surface area contributed by atoms with Crippen molar-refractivity contribution in [2.45, 2.75) is 37.9 Å². The summed E-state index contributed by atoms with van der Waals surface area (Å²) in [7, 11) is 0. The molecule has 0 saturated heterocycles. The summed E-state index contributed by atoms with van der Waals surface area (Å²) in [5.41, 5.74) is -0.183. The molecule has 0 amide bonds. The van der Waals surface area contributed by atoms with Gasteiger partial charge in [-0.2, -0.15) is 0 Å². The molecule has 2 rings (SSSR count). The smallest absolute Gasteiger partial charge is 0.293 e. The molecule has 20 heavy (non-hydrogen) atoms. The topological polar surface area (TPSA) is 67.8 Å². The lowest BCUT2D eigenvalue weighted by atomic mass is 10.2. The molecule has 2 heterocycles. The first kappa shape index (κ1) is 15.1. The summed E-state index contributed by atoms with van der Waals surface area (Å²) in [6.45, 7) is 3.89. The Kier molecular flexibility index (Phi) is 5.19. The van der Waals surface area contributed by atoms with Gasteiger partial charge in [0.15, 0.2) is 10.9 Å². The predicted octanol–water partition coefficient (Wildman–Crippen LogP) is 2.97. The second-order valence-electron chi connectivity index (χ2n) is 4.63. The number of thiophene rings is 1. The van der Waals surface area contributed by atoms with Crippen LogP contribution in [0.5, 0.6) is 0 Å². The summed E-state index contributed by atoms with van der Waals surface area (Å²) in [4.78, 5) is 24.2. The highest BCUT2D eigenvalue weighted by Gasteiger charge is 2.12. The molecule has 0 aliphatic carbocycles. The molecule has 7 heteroatoms. The van der Waals surface area contributed by atoms with E-state index in [1.165, 1.54) is 23.1 Å². The number of H-pyrrole nitrogens is 1. The van der Waals surface area contributed by atoms with Crippen LogP contribution in [0.2, 0.25) is 0 Å². The summed E-state index contributed by atoms with van der Waals surface area (Å²) >= 11 is 2.98. The number of nitrogens with zero attached hydrogens (tertiary/aromatic N) is 2. The molecule has 108 valence electrons. The van der Waals surface area contributed by atoms with Crippen molar-refractivity contribution < 1.29 is 4.79 Å². The molecule has 0 fully saturated rings. The summed E-state index contributed by atoms with van der Waals surface area (Å²) in [6.07, 6.45) is 1.31. The van der Waals surface area contributed by atoms with Crippen LogP contribution in [0.15, 0.2) is 27.5 Å². The molecule has 0 aromatic carbocycles. The van der Waals surface area contributed by atoms with E-state index in [1.54, 1.807) is 4.57 Å². The van der Waals surface area contributed by atoms with Crippen LogP contribution in [0.3, 0.4) is 0 Å². The van der Waals surface area contributed by atoms with Gasteiger partial charge in [0.05, 0.1) is 4.88 Å². The van der Waals surface area contributed by atoms with Crippen molar-refractivity contribution in [1.82, 2.24) is 14.8 Å². The number of aromatic amines is 1. The number of hydrogen-bond donors (Lipinski definition) is 1. The normalized spacial score (nSPS) is 11.2. The third-order valence-corrected chi connectivity index (χ3v) is 4.71. The Morgan fingerprint density at radius 1 is 1.55 bits per heavy atom. The minimum atomic E-state index is -0.183. The molecule has 0 saturated carbocycles. The summed E-state index contributed by atoms with van der Waals surface area (Å²) in [6, 6.07) is 3.82. The first-order valence-electron chi connectivity index (χ1n) is 6.46. The van der Waals surface area contributed by atoms with Gasteiger partial charge in [-0.25, -0.2) is 9.89 Å². The fourth-order valence-corrected chi connectivity index (χ4v) is 3.51. The van der Waals surface area contributed by atoms with Gasteiger partial charge in [0.1, 0.15) is 0 Å². The van der Waals surface area contributed by atoms with Crippen molar-refractivity contribution in [1.29, 1.82) is 0 Å². The third kappa shape index (κ3) is 3.61. The van der Waals surface area contributed by atoms with Crippen LogP contribution in [-0.2, 0) is 0 Å². The molecule has 5 nitrogen and oxygen atoms in total. The van der Waals surface area contributed by atoms with Crippen LogP contribution in [0.25, 0.3) is 0 Å². The molecule has 0 aliphatic rings. The number of rotatable bonds is 7. The Hall–Kier alpha value is -1.34. The number of ketones is 1. The maximum Gasteiger partial charge on any atom is 0.344 e.